The summed E-state index contributed by atoms with van der Waals surface area (Å²) in [6.07, 6.45) is 16.3. The lowest BCUT2D eigenvalue weighted by atomic mass is 10.1. The molecule has 2 rings (SSSR count). The Kier molecular flexibility index (Phi) is 9.92. The summed E-state index contributed by atoms with van der Waals surface area (Å²) in [5.41, 5.74) is 1.25. The Labute approximate surface area is 158 Å². The highest BCUT2D eigenvalue weighted by atomic mass is 16.4. The number of unbranched alkanes of at least 4 members (excludes halogenated alkanes) is 11. The van der Waals surface area contributed by atoms with Crippen molar-refractivity contribution >= 4 is 16.7 Å². The van der Waals surface area contributed by atoms with E-state index in [1.54, 1.807) is 6.07 Å². The molecule has 26 heavy (non-hydrogen) atoms. The van der Waals surface area contributed by atoms with E-state index in [0.29, 0.717) is 5.58 Å². The molecule has 0 saturated heterocycles. The Morgan fingerprint density at radius 2 is 1.38 bits per heavy atom. The van der Waals surface area contributed by atoms with Crippen molar-refractivity contribution in [2.45, 2.75) is 84.0 Å². The molecule has 1 aromatic heterocycles. The summed E-state index contributed by atoms with van der Waals surface area (Å²) in [5, 5.41) is 4.38. The largest absolute Gasteiger partial charge is 0.423 e. The molecule has 0 unspecified atom stereocenters. The zero-order chi connectivity index (χ0) is 18.5. The van der Waals surface area contributed by atoms with Gasteiger partial charge in [-0.2, -0.15) is 0 Å². The third-order valence-electron chi connectivity index (χ3n) is 5.00. The summed E-state index contributed by atoms with van der Waals surface area (Å²) in [7, 11) is 0. The quantitative estimate of drug-likeness (QED) is 0.295. The maximum atomic E-state index is 11.6. The lowest BCUT2D eigenvalue weighted by Gasteiger charge is -2.08. The van der Waals surface area contributed by atoms with Crippen molar-refractivity contribution in [3.05, 3.63) is 40.8 Å². The molecule has 1 N–H and O–H groups in total. The van der Waals surface area contributed by atoms with Gasteiger partial charge in [0.15, 0.2) is 0 Å². The second kappa shape index (κ2) is 12.6. The number of para-hydroxylation sites is 1. The Balaban J connectivity index is 1.52. The molecule has 0 aliphatic heterocycles. The van der Waals surface area contributed by atoms with Gasteiger partial charge in [0, 0.05) is 18.0 Å². The van der Waals surface area contributed by atoms with Crippen molar-refractivity contribution in [2.24, 2.45) is 0 Å². The third-order valence-corrected chi connectivity index (χ3v) is 5.00. The average molecular weight is 358 g/mol. The average Bonchev–Trinajstić information content (AvgIpc) is 2.65. The predicted molar refractivity (Wildman–Crippen MR) is 112 cm³/mol. The monoisotopic (exact) mass is 357 g/mol. The maximum Gasteiger partial charge on any atom is 0.338 e. The summed E-state index contributed by atoms with van der Waals surface area (Å²) >= 11 is 0. The Bertz CT molecular complexity index is 677. The molecular formula is C23H35NO2. The standard InChI is InChI=1S/C23H35NO2/c1-2-3-4-5-6-7-8-9-10-11-12-15-18-24-21-19-23(25)26-22-17-14-13-16-20(21)22/h13-14,16-17,19,24H,2-12,15,18H2,1H3. The first kappa shape index (κ1) is 20.5. The van der Waals surface area contributed by atoms with E-state index in [4.69, 9.17) is 4.42 Å². The van der Waals surface area contributed by atoms with E-state index in [2.05, 4.69) is 12.2 Å². The zero-order valence-electron chi connectivity index (χ0n) is 16.4. The van der Waals surface area contributed by atoms with Gasteiger partial charge in [-0.3, -0.25) is 0 Å². The van der Waals surface area contributed by atoms with Crippen LogP contribution in [0, 0.1) is 0 Å². The van der Waals surface area contributed by atoms with Crippen molar-refractivity contribution in [3.8, 4) is 0 Å². The molecule has 3 heteroatoms. The number of benzene rings is 1. The Hall–Kier alpha value is -1.77. The molecule has 0 amide bonds. The lowest BCUT2D eigenvalue weighted by Crippen LogP contribution is -2.06. The maximum absolute atomic E-state index is 11.6. The molecule has 0 radical (unpaired) electrons. The molecule has 0 fully saturated rings. The number of rotatable bonds is 14. The number of fused-ring (bicyclic) bond motifs is 1. The summed E-state index contributed by atoms with van der Waals surface area (Å²) < 4.78 is 5.23. The van der Waals surface area contributed by atoms with Gasteiger partial charge in [-0.15, -0.1) is 0 Å². The molecular weight excluding hydrogens is 322 g/mol. The number of anilines is 1. The molecule has 1 aromatic carbocycles. The normalized spacial score (nSPS) is 11.1. The summed E-state index contributed by atoms with van der Waals surface area (Å²) in [4.78, 5) is 11.6. The number of hydrogen-bond acceptors (Lipinski definition) is 3. The molecule has 0 saturated carbocycles. The van der Waals surface area contributed by atoms with Gasteiger partial charge in [-0.1, -0.05) is 89.7 Å². The van der Waals surface area contributed by atoms with Crippen molar-refractivity contribution < 1.29 is 4.42 Å². The first-order valence-corrected chi connectivity index (χ1v) is 10.6. The minimum Gasteiger partial charge on any atom is -0.423 e. The second-order valence-electron chi connectivity index (χ2n) is 7.29. The highest BCUT2D eigenvalue weighted by Gasteiger charge is 2.04. The lowest BCUT2D eigenvalue weighted by molar-refractivity contribution is 0.546. The first-order chi connectivity index (χ1) is 12.8. The molecule has 1 heterocycles. The number of nitrogens with one attached hydrogen (secondary N) is 1. The van der Waals surface area contributed by atoms with Crippen molar-refractivity contribution in [2.75, 3.05) is 11.9 Å². The highest BCUT2D eigenvalue weighted by Crippen LogP contribution is 2.21. The smallest absolute Gasteiger partial charge is 0.338 e. The van der Waals surface area contributed by atoms with E-state index in [0.717, 1.165) is 24.0 Å². The van der Waals surface area contributed by atoms with Gasteiger partial charge in [0.05, 0.1) is 5.69 Å². The topological polar surface area (TPSA) is 42.2 Å². The Morgan fingerprint density at radius 1 is 0.808 bits per heavy atom. The van der Waals surface area contributed by atoms with Gasteiger partial charge in [0.2, 0.25) is 0 Å². The van der Waals surface area contributed by atoms with E-state index in [1.807, 2.05) is 24.3 Å². The van der Waals surface area contributed by atoms with Crippen LogP contribution in [0.3, 0.4) is 0 Å². The van der Waals surface area contributed by atoms with Gasteiger partial charge in [0.25, 0.3) is 0 Å². The predicted octanol–water partition coefficient (Wildman–Crippen LogP) is 6.91. The first-order valence-electron chi connectivity index (χ1n) is 10.6. The van der Waals surface area contributed by atoms with Gasteiger partial charge >= 0.3 is 5.63 Å². The molecule has 3 nitrogen and oxygen atoms in total. The van der Waals surface area contributed by atoms with Crippen LogP contribution >= 0.6 is 0 Å². The molecule has 144 valence electrons. The minimum atomic E-state index is -0.291. The molecule has 0 spiro atoms. The van der Waals surface area contributed by atoms with Crippen molar-refractivity contribution in [1.29, 1.82) is 0 Å². The van der Waals surface area contributed by atoms with Crippen LogP contribution in [0.1, 0.15) is 84.0 Å². The summed E-state index contributed by atoms with van der Waals surface area (Å²) in [6.45, 7) is 3.18. The molecule has 0 bridgehead atoms. The fourth-order valence-electron chi connectivity index (χ4n) is 3.45. The van der Waals surface area contributed by atoms with Crippen LogP contribution in [0.5, 0.6) is 0 Å². The van der Waals surface area contributed by atoms with Gasteiger partial charge in [0.1, 0.15) is 5.58 Å². The van der Waals surface area contributed by atoms with E-state index in [-0.39, 0.29) is 5.63 Å². The van der Waals surface area contributed by atoms with Crippen LogP contribution in [0.25, 0.3) is 11.0 Å². The summed E-state index contributed by atoms with van der Waals surface area (Å²) in [6, 6.07) is 9.25. The number of hydrogen-bond donors (Lipinski definition) is 1. The van der Waals surface area contributed by atoms with Crippen molar-refractivity contribution in [3.63, 3.8) is 0 Å². The van der Waals surface area contributed by atoms with Crippen LogP contribution in [-0.2, 0) is 0 Å². The van der Waals surface area contributed by atoms with E-state index in [1.165, 1.54) is 70.6 Å². The van der Waals surface area contributed by atoms with Gasteiger partial charge in [-0.05, 0) is 18.6 Å². The van der Waals surface area contributed by atoms with Crippen LogP contribution in [0.2, 0.25) is 0 Å². The third kappa shape index (κ3) is 7.63. The van der Waals surface area contributed by atoms with Crippen LogP contribution < -0.4 is 10.9 Å². The van der Waals surface area contributed by atoms with Crippen LogP contribution in [-0.4, -0.2) is 6.54 Å². The fraction of sp³-hybridized carbons (Fsp3) is 0.609. The van der Waals surface area contributed by atoms with Crippen LogP contribution in [0.4, 0.5) is 5.69 Å². The fourth-order valence-corrected chi connectivity index (χ4v) is 3.45. The van der Waals surface area contributed by atoms with Crippen LogP contribution in [0.15, 0.2) is 39.5 Å². The molecule has 2 aromatic rings. The second-order valence-corrected chi connectivity index (χ2v) is 7.29. The van der Waals surface area contributed by atoms with E-state index in [9.17, 15) is 4.79 Å². The Morgan fingerprint density at radius 3 is 2.04 bits per heavy atom. The summed E-state index contributed by atoms with van der Waals surface area (Å²) in [5.74, 6) is 0. The van der Waals surface area contributed by atoms with Gasteiger partial charge < -0.3 is 9.73 Å². The molecule has 0 atom stereocenters. The SMILES string of the molecule is CCCCCCCCCCCCCCNc1cc(=O)oc2ccccc12. The highest BCUT2D eigenvalue weighted by molar-refractivity contribution is 5.89. The molecule has 0 aliphatic carbocycles. The van der Waals surface area contributed by atoms with Crippen molar-refractivity contribution in [1.82, 2.24) is 0 Å². The van der Waals surface area contributed by atoms with E-state index >= 15 is 0 Å². The van der Waals surface area contributed by atoms with Gasteiger partial charge in [-0.25, -0.2) is 4.79 Å². The van der Waals surface area contributed by atoms with E-state index < -0.39 is 0 Å². The zero-order valence-corrected chi connectivity index (χ0v) is 16.4. The minimum absolute atomic E-state index is 0.291. The molecule has 0 aliphatic rings.